The van der Waals surface area contributed by atoms with Gasteiger partial charge in [-0.3, -0.25) is 10.1 Å². The van der Waals surface area contributed by atoms with E-state index in [1.807, 2.05) is 0 Å². The SMILES string of the molecule is Cc1cc(C#CCNC(=O)OC(C)(C)C)cc([N+](=O)[O-])c1N. The number of carbonyl (C=O) groups is 1. The number of nitrogens with two attached hydrogens (primary N) is 1. The molecule has 1 amide bonds. The van der Waals surface area contributed by atoms with Crippen molar-refractivity contribution in [3.63, 3.8) is 0 Å². The number of hydrogen-bond acceptors (Lipinski definition) is 5. The Balaban J connectivity index is 2.73. The van der Waals surface area contributed by atoms with Crippen LogP contribution in [0.4, 0.5) is 16.2 Å². The number of hydrogen-bond donors (Lipinski definition) is 2. The average molecular weight is 305 g/mol. The fraction of sp³-hybridized carbons (Fsp3) is 0.400. The first-order valence-electron chi connectivity index (χ1n) is 6.60. The number of nitro groups is 1. The Morgan fingerprint density at radius 1 is 1.45 bits per heavy atom. The molecule has 7 heteroatoms. The maximum Gasteiger partial charge on any atom is 0.408 e. The predicted octanol–water partition coefficient (Wildman–Crippen LogP) is 2.36. The lowest BCUT2D eigenvalue weighted by molar-refractivity contribution is -0.383. The smallest absolute Gasteiger partial charge is 0.408 e. The van der Waals surface area contributed by atoms with Crippen LogP contribution in [0.25, 0.3) is 0 Å². The molecular formula is C15H19N3O4. The minimum absolute atomic E-state index is 0.0755. The van der Waals surface area contributed by atoms with Crippen LogP contribution in [0.1, 0.15) is 31.9 Å². The first-order valence-corrected chi connectivity index (χ1v) is 6.60. The number of alkyl carbamates (subject to hydrolysis) is 1. The topological polar surface area (TPSA) is 107 Å². The summed E-state index contributed by atoms with van der Waals surface area (Å²) in [5.41, 5.74) is 6.06. The third-order valence-corrected chi connectivity index (χ3v) is 2.51. The molecule has 0 aliphatic rings. The van der Waals surface area contributed by atoms with Gasteiger partial charge in [-0.05, 0) is 39.3 Å². The molecule has 1 rings (SSSR count). The Bertz CT molecular complexity index is 651. The van der Waals surface area contributed by atoms with Gasteiger partial charge in [0.2, 0.25) is 0 Å². The molecule has 1 aromatic carbocycles. The Labute approximate surface area is 129 Å². The Hall–Kier alpha value is -2.75. The van der Waals surface area contributed by atoms with Crippen LogP contribution >= 0.6 is 0 Å². The highest BCUT2D eigenvalue weighted by molar-refractivity contribution is 5.68. The van der Waals surface area contributed by atoms with Crippen molar-refractivity contribution in [1.29, 1.82) is 0 Å². The molecule has 0 aliphatic carbocycles. The summed E-state index contributed by atoms with van der Waals surface area (Å²) in [5, 5.41) is 13.4. The summed E-state index contributed by atoms with van der Waals surface area (Å²) >= 11 is 0. The summed E-state index contributed by atoms with van der Waals surface area (Å²) in [4.78, 5) is 21.7. The Morgan fingerprint density at radius 3 is 2.64 bits per heavy atom. The van der Waals surface area contributed by atoms with Gasteiger partial charge in [0.1, 0.15) is 11.3 Å². The third kappa shape index (κ3) is 5.32. The van der Waals surface area contributed by atoms with E-state index in [4.69, 9.17) is 10.5 Å². The second-order valence-electron chi connectivity index (χ2n) is 5.64. The van der Waals surface area contributed by atoms with Gasteiger partial charge in [-0.2, -0.15) is 0 Å². The number of ether oxygens (including phenoxy) is 1. The molecule has 0 unspecified atom stereocenters. The Morgan fingerprint density at radius 2 is 2.09 bits per heavy atom. The largest absolute Gasteiger partial charge is 0.444 e. The molecule has 7 nitrogen and oxygen atoms in total. The minimum Gasteiger partial charge on any atom is -0.444 e. The average Bonchev–Trinajstić information content (AvgIpc) is 2.36. The van der Waals surface area contributed by atoms with Gasteiger partial charge < -0.3 is 15.8 Å². The maximum absolute atomic E-state index is 11.4. The van der Waals surface area contributed by atoms with E-state index in [2.05, 4.69) is 17.2 Å². The van der Waals surface area contributed by atoms with Crippen molar-refractivity contribution in [3.8, 4) is 11.8 Å². The van der Waals surface area contributed by atoms with Gasteiger partial charge in [-0.25, -0.2) is 4.79 Å². The van der Waals surface area contributed by atoms with Gasteiger partial charge in [-0.15, -0.1) is 0 Å². The lowest BCUT2D eigenvalue weighted by Crippen LogP contribution is -2.32. The molecule has 0 aliphatic heterocycles. The zero-order valence-electron chi connectivity index (χ0n) is 13.0. The standard InChI is InChI=1S/C15H19N3O4/c1-10-8-11(9-12(13(10)16)18(20)21)6-5-7-17-14(19)22-15(2,3)4/h8-9H,7,16H2,1-4H3,(H,17,19). The molecule has 0 spiro atoms. The molecule has 118 valence electrons. The lowest BCUT2D eigenvalue weighted by atomic mass is 10.1. The summed E-state index contributed by atoms with van der Waals surface area (Å²) in [6, 6.07) is 2.96. The molecule has 0 bridgehead atoms. The number of amides is 1. The van der Waals surface area contributed by atoms with Crippen LogP contribution in [0.5, 0.6) is 0 Å². The molecule has 0 atom stereocenters. The quantitative estimate of drug-likeness (QED) is 0.377. The van der Waals surface area contributed by atoms with Crippen LogP contribution in [0, 0.1) is 28.9 Å². The van der Waals surface area contributed by atoms with E-state index >= 15 is 0 Å². The highest BCUT2D eigenvalue weighted by atomic mass is 16.6. The monoisotopic (exact) mass is 305 g/mol. The van der Waals surface area contributed by atoms with E-state index in [1.165, 1.54) is 6.07 Å². The number of aryl methyl sites for hydroxylation is 1. The molecule has 0 radical (unpaired) electrons. The summed E-state index contributed by atoms with van der Waals surface area (Å²) in [6.45, 7) is 7.02. The highest BCUT2D eigenvalue weighted by Gasteiger charge is 2.15. The number of benzene rings is 1. The first kappa shape index (κ1) is 17.3. The van der Waals surface area contributed by atoms with Crippen molar-refractivity contribution in [2.24, 2.45) is 0 Å². The van der Waals surface area contributed by atoms with Crippen LogP contribution in [-0.4, -0.2) is 23.2 Å². The number of carbonyl (C=O) groups excluding carboxylic acids is 1. The van der Waals surface area contributed by atoms with Crippen molar-refractivity contribution in [3.05, 3.63) is 33.4 Å². The van der Waals surface area contributed by atoms with Crippen molar-refractivity contribution in [1.82, 2.24) is 5.32 Å². The van der Waals surface area contributed by atoms with Crippen LogP contribution in [-0.2, 0) is 4.74 Å². The molecule has 0 saturated carbocycles. The van der Waals surface area contributed by atoms with Gasteiger partial charge in [0.25, 0.3) is 5.69 Å². The fourth-order valence-electron chi connectivity index (χ4n) is 1.58. The highest BCUT2D eigenvalue weighted by Crippen LogP contribution is 2.26. The van der Waals surface area contributed by atoms with E-state index < -0.39 is 16.6 Å². The molecule has 3 N–H and O–H groups in total. The summed E-state index contributed by atoms with van der Waals surface area (Å²) in [7, 11) is 0. The Kier molecular flexibility index (Phi) is 5.35. The number of nitrogen functional groups attached to an aromatic ring is 1. The maximum atomic E-state index is 11.4. The molecule has 0 aromatic heterocycles. The second kappa shape index (κ2) is 6.80. The van der Waals surface area contributed by atoms with Crippen LogP contribution in [0.3, 0.4) is 0 Å². The molecule has 22 heavy (non-hydrogen) atoms. The number of rotatable bonds is 2. The zero-order valence-corrected chi connectivity index (χ0v) is 13.0. The second-order valence-corrected chi connectivity index (χ2v) is 5.64. The van der Waals surface area contributed by atoms with Gasteiger partial charge in [0.05, 0.1) is 11.5 Å². The van der Waals surface area contributed by atoms with Crippen LogP contribution in [0.15, 0.2) is 12.1 Å². The molecule has 1 aromatic rings. The van der Waals surface area contributed by atoms with Gasteiger partial charge in [0.15, 0.2) is 0 Å². The van der Waals surface area contributed by atoms with Crippen LogP contribution < -0.4 is 11.1 Å². The van der Waals surface area contributed by atoms with E-state index in [-0.39, 0.29) is 17.9 Å². The molecule has 0 heterocycles. The van der Waals surface area contributed by atoms with Crippen LogP contribution in [0.2, 0.25) is 0 Å². The number of nitrogens with one attached hydrogen (secondary N) is 1. The van der Waals surface area contributed by atoms with Crippen molar-refractivity contribution in [2.45, 2.75) is 33.3 Å². The fourth-order valence-corrected chi connectivity index (χ4v) is 1.58. The van der Waals surface area contributed by atoms with Crippen molar-refractivity contribution >= 4 is 17.5 Å². The predicted molar refractivity (Wildman–Crippen MR) is 83.4 cm³/mol. The number of anilines is 1. The molecular weight excluding hydrogens is 286 g/mol. The summed E-state index contributed by atoms with van der Waals surface area (Å²) < 4.78 is 5.05. The zero-order chi connectivity index (χ0) is 16.9. The lowest BCUT2D eigenvalue weighted by Gasteiger charge is -2.18. The number of nitrogens with zero attached hydrogens (tertiary/aromatic N) is 1. The van der Waals surface area contributed by atoms with E-state index in [9.17, 15) is 14.9 Å². The molecule has 0 saturated heterocycles. The first-order chi connectivity index (χ1) is 10.1. The van der Waals surface area contributed by atoms with Gasteiger partial charge in [0, 0.05) is 11.6 Å². The molecule has 0 fully saturated rings. The summed E-state index contributed by atoms with van der Waals surface area (Å²) in [5.74, 6) is 5.45. The van der Waals surface area contributed by atoms with E-state index in [1.54, 1.807) is 33.8 Å². The minimum atomic E-state index is -0.577. The van der Waals surface area contributed by atoms with E-state index in [0.717, 1.165) is 0 Å². The third-order valence-electron chi connectivity index (χ3n) is 2.51. The van der Waals surface area contributed by atoms with Crippen molar-refractivity contribution < 1.29 is 14.5 Å². The van der Waals surface area contributed by atoms with Gasteiger partial charge >= 0.3 is 6.09 Å². The normalized spacial score (nSPS) is 10.4. The van der Waals surface area contributed by atoms with Crippen molar-refractivity contribution in [2.75, 3.05) is 12.3 Å². The summed E-state index contributed by atoms with van der Waals surface area (Å²) in [6.07, 6.45) is -0.568. The van der Waals surface area contributed by atoms with Gasteiger partial charge in [-0.1, -0.05) is 11.8 Å². The number of nitro benzene ring substituents is 1. The van der Waals surface area contributed by atoms with E-state index in [0.29, 0.717) is 11.1 Å².